The topological polar surface area (TPSA) is 59.4 Å². The molecule has 4 nitrogen and oxygen atoms in total. The van der Waals surface area contributed by atoms with Crippen LogP contribution < -0.4 is 4.74 Å². The number of methoxy groups -OCH3 is 1. The van der Waals surface area contributed by atoms with Gasteiger partial charge in [0.1, 0.15) is 5.75 Å². The molecule has 0 atom stereocenters. The third-order valence-corrected chi connectivity index (χ3v) is 3.20. The summed E-state index contributed by atoms with van der Waals surface area (Å²) in [4.78, 5) is 15.0. The number of aliphatic carboxylic acids is 1. The molecule has 0 aliphatic rings. The molecule has 1 aromatic heterocycles. The summed E-state index contributed by atoms with van der Waals surface area (Å²) < 4.78 is 5.31. The maximum atomic E-state index is 10.6. The van der Waals surface area contributed by atoms with E-state index in [4.69, 9.17) is 21.4 Å². The highest BCUT2D eigenvalue weighted by molar-refractivity contribution is 6.30. The molecular weight excluding hydrogens is 290 g/mol. The molecule has 0 spiro atoms. The van der Waals surface area contributed by atoms with Crippen molar-refractivity contribution in [1.29, 1.82) is 0 Å². The van der Waals surface area contributed by atoms with Crippen LogP contribution in [-0.4, -0.2) is 23.2 Å². The van der Waals surface area contributed by atoms with Crippen LogP contribution in [0.2, 0.25) is 5.02 Å². The van der Waals surface area contributed by atoms with Gasteiger partial charge in [0.05, 0.1) is 12.8 Å². The number of rotatable bonds is 4. The van der Waals surface area contributed by atoms with Crippen molar-refractivity contribution in [3.8, 4) is 17.0 Å². The Kier molecular flexibility index (Phi) is 4.60. The highest BCUT2D eigenvalue weighted by Crippen LogP contribution is 2.31. The molecule has 108 valence electrons. The van der Waals surface area contributed by atoms with Gasteiger partial charge in [0.25, 0.3) is 0 Å². The van der Waals surface area contributed by atoms with Gasteiger partial charge in [-0.25, -0.2) is 4.79 Å². The van der Waals surface area contributed by atoms with Gasteiger partial charge in [-0.3, -0.25) is 4.98 Å². The van der Waals surface area contributed by atoms with E-state index >= 15 is 0 Å². The van der Waals surface area contributed by atoms with E-state index in [-0.39, 0.29) is 0 Å². The Morgan fingerprint density at radius 2 is 2.10 bits per heavy atom. The summed E-state index contributed by atoms with van der Waals surface area (Å²) >= 11 is 6.02. The molecule has 5 heteroatoms. The highest BCUT2D eigenvalue weighted by atomic mass is 35.5. The first-order chi connectivity index (χ1) is 10.0. The smallest absolute Gasteiger partial charge is 0.328 e. The first kappa shape index (κ1) is 15.1. The van der Waals surface area contributed by atoms with Gasteiger partial charge in [0, 0.05) is 22.4 Å². The molecule has 0 fully saturated rings. The van der Waals surface area contributed by atoms with Crippen LogP contribution in [0.5, 0.6) is 5.75 Å². The van der Waals surface area contributed by atoms with E-state index in [9.17, 15) is 4.79 Å². The fraction of sp³-hybridized carbons (Fsp3) is 0.125. The Morgan fingerprint density at radius 1 is 1.33 bits per heavy atom. The number of aromatic nitrogens is 1. The lowest BCUT2D eigenvalue weighted by molar-refractivity contribution is -0.131. The zero-order valence-corrected chi connectivity index (χ0v) is 12.4. The van der Waals surface area contributed by atoms with Crippen LogP contribution in [0, 0.1) is 6.92 Å². The van der Waals surface area contributed by atoms with Crippen LogP contribution in [0.4, 0.5) is 0 Å². The average molecular weight is 304 g/mol. The van der Waals surface area contributed by atoms with Gasteiger partial charge in [-0.1, -0.05) is 17.7 Å². The molecule has 1 N–H and O–H groups in total. The number of carboxylic acids is 1. The molecule has 2 rings (SSSR count). The van der Waals surface area contributed by atoms with Crippen LogP contribution in [0.1, 0.15) is 11.3 Å². The minimum Gasteiger partial charge on any atom is -0.496 e. The van der Waals surface area contributed by atoms with E-state index in [1.54, 1.807) is 25.3 Å². The Morgan fingerprint density at radius 3 is 2.71 bits per heavy atom. The van der Waals surface area contributed by atoms with Crippen molar-refractivity contribution in [2.45, 2.75) is 6.92 Å². The molecule has 0 bridgehead atoms. The number of nitrogens with zero attached hydrogens (tertiary/aromatic N) is 1. The van der Waals surface area contributed by atoms with Crippen molar-refractivity contribution in [2.24, 2.45) is 0 Å². The Labute approximate surface area is 127 Å². The zero-order chi connectivity index (χ0) is 15.4. The van der Waals surface area contributed by atoms with Gasteiger partial charge < -0.3 is 9.84 Å². The maximum Gasteiger partial charge on any atom is 0.328 e. The number of pyridine rings is 1. The van der Waals surface area contributed by atoms with Gasteiger partial charge in [0.2, 0.25) is 0 Å². The van der Waals surface area contributed by atoms with Gasteiger partial charge in [0.15, 0.2) is 0 Å². The SMILES string of the molecule is COc1ccc(Cl)cc1-c1ccc(/C=C/C(=O)O)c(C)n1. The Bertz CT molecular complexity index is 711. The number of carboxylic acid groups (broad SMARTS) is 1. The molecule has 0 aliphatic carbocycles. The molecule has 0 aliphatic heterocycles. The summed E-state index contributed by atoms with van der Waals surface area (Å²) in [5, 5.41) is 9.26. The number of hydrogen-bond donors (Lipinski definition) is 1. The second kappa shape index (κ2) is 6.41. The van der Waals surface area contributed by atoms with E-state index < -0.39 is 5.97 Å². The second-order valence-corrected chi connectivity index (χ2v) is 4.82. The summed E-state index contributed by atoms with van der Waals surface area (Å²) in [5.74, 6) is -0.310. The minimum absolute atomic E-state index is 0.597. The number of ether oxygens (including phenoxy) is 1. The van der Waals surface area contributed by atoms with Crippen molar-refractivity contribution in [1.82, 2.24) is 4.98 Å². The van der Waals surface area contributed by atoms with Crippen molar-refractivity contribution in [3.63, 3.8) is 0 Å². The molecule has 0 saturated carbocycles. The predicted octanol–water partition coefficient (Wildman–Crippen LogP) is 3.82. The molecule has 21 heavy (non-hydrogen) atoms. The second-order valence-electron chi connectivity index (χ2n) is 4.39. The number of carbonyl (C=O) groups is 1. The largest absolute Gasteiger partial charge is 0.496 e. The normalized spacial score (nSPS) is 10.8. The Balaban J connectivity index is 2.45. The summed E-state index contributed by atoms with van der Waals surface area (Å²) in [6.07, 6.45) is 2.60. The molecule has 0 saturated heterocycles. The number of hydrogen-bond acceptors (Lipinski definition) is 3. The molecular formula is C16H14ClNO3. The molecule has 2 aromatic rings. The van der Waals surface area contributed by atoms with Crippen molar-refractivity contribution in [3.05, 3.63) is 52.7 Å². The van der Waals surface area contributed by atoms with Crippen molar-refractivity contribution >= 4 is 23.6 Å². The lowest BCUT2D eigenvalue weighted by atomic mass is 10.1. The minimum atomic E-state index is -0.991. The van der Waals surface area contributed by atoms with E-state index in [2.05, 4.69) is 4.98 Å². The van der Waals surface area contributed by atoms with Crippen molar-refractivity contribution < 1.29 is 14.6 Å². The first-order valence-electron chi connectivity index (χ1n) is 6.24. The third kappa shape index (κ3) is 3.61. The van der Waals surface area contributed by atoms with Crippen molar-refractivity contribution in [2.75, 3.05) is 7.11 Å². The summed E-state index contributed by atoms with van der Waals surface area (Å²) in [6, 6.07) is 8.95. The van der Waals surface area contributed by atoms with E-state index in [1.807, 2.05) is 19.1 Å². The fourth-order valence-electron chi connectivity index (χ4n) is 1.94. The fourth-order valence-corrected chi connectivity index (χ4v) is 2.11. The van der Waals surface area contributed by atoms with E-state index in [0.717, 1.165) is 28.6 Å². The molecule has 0 unspecified atom stereocenters. The lowest BCUT2D eigenvalue weighted by Crippen LogP contribution is -1.94. The van der Waals surface area contributed by atoms with E-state index in [0.29, 0.717) is 10.8 Å². The standard InChI is InChI=1S/C16H14ClNO3/c1-10-11(4-8-16(19)20)3-6-14(18-10)13-9-12(17)5-7-15(13)21-2/h3-9H,1-2H3,(H,19,20)/b8-4+. The van der Waals surface area contributed by atoms with Crippen LogP contribution >= 0.6 is 11.6 Å². The van der Waals surface area contributed by atoms with Gasteiger partial charge in [-0.15, -0.1) is 0 Å². The van der Waals surface area contributed by atoms with Crippen LogP contribution in [-0.2, 0) is 4.79 Å². The molecule has 1 aromatic carbocycles. The van der Waals surface area contributed by atoms with Gasteiger partial charge in [-0.05, 0) is 42.8 Å². The monoisotopic (exact) mass is 303 g/mol. The van der Waals surface area contributed by atoms with Crippen LogP contribution in [0.3, 0.4) is 0 Å². The summed E-state index contributed by atoms with van der Waals surface area (Å²) in [5.41, 5.74) is 3.00. The molecule has 0 amide bonds. The highest BCUT2D eigenvalue weighted by Gasteiger charge is 2.09. The summed E-state index contributed by atoms with van der Waals surface area (Å²) in [6.45, 7) is 1.82. The molecule has 1 heterocycles. The van der Waals surface area contributed by atoms with Gasteiger partial charge in [-0.2, -0.15) is 0 Å². The molecule has 0 radical (unpaired) electrons. The van der Waals surface area contributed by atoms with Gasteiger partial charge >= 0.3 is 5.97 Å². The van der Waals surface area contributed by atoms with Crippen LogP contribution in [0.15, 0.2) is 36.4 Å². The number of halogens is 1. The average Bonchev–Trinajstić information content (AvgIpc) is 2.45. The van der Waals surface area contributed by atoms with Crippen LogP contribution in [0.25, 0.3) is 17.3 Å². The first-order valence-corrected chi connectivity index (χ1v) is 6.61. The number of benzene rings is 1. The maximum absolute atomic E-state index is 10.6. The predicted molar refractivity (Wildman–Crippen MR) is 82.6 cm³/mol. The number of aryl methyl sites for hydroxylation is 1. The Hall–Kier alpha value is -2.33. The zero-order valence-electron chi connectivity index (χ0n) is 11.6. The summed E-state index contributed by atoms with van der Waals surface area (Å²) in [7, 11) is 1.59. The lowest BCUT2D eigenvalue weighted by Gasteiger charge is -2.10. The van der Waals surface area contributed by atoms with E-state index in [1.165, 1.54) is 6.08 Å². The quantitative estimate of drug-likeness (QED) is 0.872. The third-order valence-electron chi connectivity index (χ3n) is 2.97.